The minimum absolute atomic E-state index is 0.366. The molecule has 3 N–H and O–H groups in total. The summed E-state index contributed by atoms with van der Waals surface area (Å²) < 4.78 is 23.0. The predicted molar refractivity (Wildman–Crippen MR) is 70.8 cm³/mol. The summed E-state index contributed by atoms with van der Waals surface area (Å²) in [4.78, 5) is 0. The van der Waals surface area contributed by atoms with Crippen LogP contribution in [-0.4, -0.2) is 19.9 Å². The van der Waals surface area contributed by atoms with E-state index in [2.05, 4.69) is 5.43 Å². The smallest absolute Gasteiger partial charge is 0.151 e. The maximum Gasteiger partial charge on any atom is 0.151 e. The van der Waals surface area contributed by atoms with Gasteiger partial charge in [0.25, 0.3) is 0 Å². The van der Waals surface area contributed by atoms with Gasteiger partial charge in [0.1, 0.15) is 0 Å². The minimum Gasteiger partial charge on any atom is -0.271 e. The van der Waals surface area contributed by atoms with E-state index in [1.54, 1.807) is 25.1 Å². The zero-order chi connectivity index (χ0) is 13.2. The minimum atomic E-state index is -3.20. The van der Waals surface area contributed by atoms with Gasteiger partial charge in [-0.15, -0.1) is 0 Å². The molecule has 0 aliphatic carbocycles. The first-order chi connectivity index (χ1) is 7.77. The van der Waals surface area contributed by atoms with Gasteiger partial charge >= 0.3 is 0 Å². The highest BCUT2D eigenvalue weighted by Gasteiger charge is 2.26. The van der Waals surface area contributed by atoms with Crippen molar-refractivity contribution in [1.82, 2.24) is 5.43 Å². The molecule has 2 unspecified atom stereocenters. The Bertz CT molecular complexity index is 505. The zero-order valence-corrected chi connectivity index (χ0v) is 11.8. The summed E-state index contributed by atoms with van der Waals surface area (Å²) in [6.07, 6.45) is 1.17. The molecule has 0 spiro atoms. The molecule has 1 rings (SSSR count). The third kappa shape index (κ3) is 3.56. The van der Waals surface area contributed by atoms with E-state index in [4.69, 9.17) is 29.0 Å². The van der Waals surface area contributed by atoms with Crippen LogP contribution in [0, 0.1) is 0 Å². The first-order valence-corrected chi connectivity index (χ1v) is 7.58. The Balaban J connectivity index is 3.14. The van der Waals surface area contributed by atoms with E-state index in [0.717, 1.165) is 0 Å². The van der Waals surface area contributed by atoms with Crippen molar-refractivity contribution in [2.75, 3.05) is 6.26 Å². The Kier molecular flexibility index (Phi) is 4.80. The highest BCUT2D eigenvalue weighted by molar-refractivity contribution is 7.91. The summed E-state index contributed by atoms with van der Waals surface area (Å²) in [5, 5.41) is 0.119. The normalized spacial score (nSPS) is 15.6. The van der Waals surface area contributed by atoms with E-state index in [9.17, 15) is 8.42 Å². The first kappa shape index (κ1) is 14.7. The van der Waals surface area contributed by atoms with Crippen LogP contribution in [0.15, 0.2) is 18.2 Å². The molecule has 17 heavy (non-hydrogen) atoms. The van der Waals surface area contributed by atoms with Crippen molar-refractivity contribution in [2.45, 2.75) is 18.2 Å². The van der Waals surface area contributed by atoms with Crippen molar-refractivity contribution in [3.05, 3.63) is 33.8 Å². The number of benzene rings is 1. The molecular formula is C10H14Cl2N2O2S. The lowest BCUT2D eigenvalue weighted by Crippen LogP contribution is -2.38. The van der Waals surface area contributed by atoms with Gasteiger partial charge in [-0.3, -0.25) is 11.3 Å². The van der Waals surface area contributed by atoms with Crippen LogP contribution in [0.25, 0.3) is 0 Å². The van der Waals surface area contributed by atoms with E-state index in [1.165, 1.54) is 6.26 Å². The van der Waals surface area contributed by atoms with Crippen molar-refractivity contribution < 1.29 is 8.42 Å². The van der Waals surface area contributed by atoms with Crippen LogP contribution >= 0.6 is 23.2 Å². The molecule has 0 fully saturated rings. The Morgan fingerprint density at radius 2 is 1.88 bits per heavy atom. The summed E-state index contributed by atoms with van der Waals surface area (Å²) in [6, 6.07) is 4.38. The molecule has 0 radical (unpaired) electrons. The van der Waals surface area contributed by atoms with E-state index in [1.807, 2.05) is 0 Å². The average molecular weight is 297 g/mol. The number of sulfone groups is 1. The quantitative estimate of drug-likeness (QED) is 0.658. The van der Waals surface area contributed by atoms with Gasteiger partial charge in [-0.1, -0.05) is 29.3 Å². The highest BCUT2D eigenvalue weighted by Crippen LogP contribution is 2.28. The van der Waals surface area contributed by atoms with Crippen molar-refractivity contribution in [2.24, 2.45) is 5.84 Å². The van der Waals surface area contributed by atoms with Crippen LogP contribution in [-0.2, 0) is 9.84 Å². The topological polar surface area (TPSA) is 72.2 Å². The van der Waals surface area contributed by atoms with E-state index < -0.39 is 21.1 Å². The molecule has 0 bridgehead atoms. The molecule has 1 aromatic carbocycles. The van der Waals surface area contributed by atoms with Crippen LogP contribution in [0.4, 0.5) is 0 Å². The van der Waals surface area contributed by atoms with Crippen LogP contribution in [0.2, 0.25) is 10.0 Å². The molecule has 1 aromatic rings. The number of hydrogen-bond donors (Lipinski definition) is 2. The van der Waals surface area contributed by atoms with E-state index >= 15 is 0 Å². The second-order valence-corrected chi connectivity index (χ2v) is 7.07. The fourth-order valence-corrected chi connectivity index (χ4v) is 2.49. The summed E-state index contributed by atoms with van der Waals surface area (Å²) in [5.74, 6) is 5.40. The molecule has 0 aliphatic rings. The lowest BCUT2D eigenvalue weighted by Gasteiger charge is -2.22. The first-order valence-electron chi connectivity index (χ1n) is 4.87. The Morgan fingerprint density at radius 3 is 2.29 bits per heavy atom. The Morgan fingerprint density at radius 1 is 1.29 bits per heavy atom. The number of nitrogens with two attached hydrogens (primary N) is 1. The van der Waals surface area contributed by atoms with Crippen LogP contribution in [0.5, 0.6) is 0 Å². The summed E-state index contributed by atoms with van der Waals surface area (Å²) in [7, 11) is -3.20. The zero-order valence-electron chi connectivity index (χ0n) is 9.44. The standard InChI is InChI=1S/C10H14Cl2N2O2S/c1-6(17(2,15)16)10(14-13)7-3-4-8(11)9(12)5-7/h3-6,10,14H,13H2,1-2H3. The highest BCUT2D eigenvalue weighted by atomic mass is 35.5. The number of nitrogens with one attached hydrogen (secondary N) is 1. The van der Waals surface area contributed by atoms with Gasteiger partial charge in [-0.05, 0) is 24.6 Å². The molecule has 0 aromatic heterocycles. The molecule has 0 heterocycles. The largest absolute Gasteiger partial charge is 0.271 e. The van der Waals surface area contributed by atoms with Crippen molar-refractivity contribution in [3.8, 4) is 0 Å². The van der Waals surface area contributed by atoms with Crippen LogP contribution < -0.4 is 11.3 Å². The lowest BCUT2D eigenvalue weighted by molar-refractivity contribution is 0.513. The van der Waals surface area contributed by atoms with Gasteiger partial charge in [-0.25, -0.2) is 8.42 Å². The number of hydrazine groups is 1. The van der Waals surface area contributed by atoms with Crippen molar-refractivity contribution in [3.63, 3.8) is 0 Å². The van der Waals surface area contributed by atoms with Crippen molar-refractivity contribution in [1.29, 1.82) is 0 Å². The molecule has 7 heteroatoms. The number of rotatable bonds is 4. The number of halogens is 2. The summed E-state index contributed by atoms with van der Waals surface area (Å²) in [5.41, 5.74) is 3.17. The van der Waals surface area contributed by atoms with E-state index in [-0.39, 0.29) is 0 Å². The molecule has 0 saturated carbocycles. The van der Waals surface area contributed by atoms with Gasteiger partial charge in [0, 0.05) is 6.26 Å². The van der Waals surface area contributed by atoms with Gasteiger partial charge in [0.2, 0.25) is 0 Å². The van der Waals surface area contributed by atoms with Gasteiger partial charge in [0.05, 0.1) is 21.3 Å². The van der Waals surface area contributed by atoms with Gasteiger partial charge < -0.3 is 0 Å². The fourth-order valence-electron chi connectivity index (χ4n) is 1.46. The maximum absolute atomic E-state index is 11.5. The number of hydrogen-bond acceptors (Lipinski definition) is 4. The molecule has 4 nitrogen and oxygen atoms in total. The van der Waals surface area contributed by atoms with Crippen LogP contribution in [0.3, 0.4) is 0 Å². The second-order valence-electron chi connectivity index (χ2n) is 3.85. The lowest BCUT2D eigenvalue weighted by atomic mass is 10.1. The van der Waals surface area contributed by atoms with Crippen LogP contribution in [0.1, 0.15) is 18.5 Å². The summed E-state index contributed by atoms with van der Waals surface area (Å²) >= 11 is 11.7. The molecule has 2 atom stereocenters. The monoisotopic (exact) mass is 296 g/mol. The summed E-state index contributed by atoms with van der Waals surface area (Å²) in [6.45, 7) is 1.59. The second kappa shape index (κ2) is 5.54. The Hall–Kier alpha value is -0.330. The third-order valence-corrected chi connectivity index (χ3v) is 4.99. The predicted octanol–water partition coefficient (Wildman–Crippen LogP) is 1.93. The molecular weight excluding hydrogens is 283 g/mol. The molecule has 0 aliphatic heterocycles. The fraction of sp³-hybridized carbons (Fsp3) is 0.400. The molecule has 0 amide bonds. The van der Waals surface area contributed by atoms with Gasteiger partial charge in [0.15, 0.2) is 9.84 Å². The third-order valence-electron chi connectivity index (χ3n) is 2.63. The van der Waals surface area contributed by atoms with E-state index in [0.29, 0.717) is 15.6 Å². The SMILES string of the molecule is CC(C(NN)c1ccc(Cl)c(Cl)c1)S(C)(=O)=O. The Labute approximate surface area is 111 Å². The van der Waals surface area contributed by atoms with Crippen molar-refractivity contribution >= 4 is 33.0 Å². The molecule has 0 saturated heterocycles. The van der Waals surface area contributed by atoms with Gasteiger partial charge in [-0.2, -0.15) is 0 Å². The average Bonchev–Trinajstić information content (AvgIpc) is 2.23. The maximum atomic E-state index is 11.5. The molecule has 96 valence electrons.